The summed E-state index contributed by atoms with van der Waals surface area (Å²) < 4.78 is 0. The molecule has 2 atom stereocenters. The molecule has 2 rings (SSSR count). The minimum absolute atomic E-state index is 0.540. The Morgan fingerprint density at radius 2 is 2.06 bits per heavy atom. The van der Waals surface area contributed by atoms with E-state index in [1.54, 1.807) is 0 Å². The molecule has 0 spiro atoms. The lowest BCUT2D eigenvalue weighted by Gasteiger charge is -2.37. The maximum Gasteiger partial charge on any atom is 0.225 e. The summed E-state index contributed by atoms with van der Waals surface area (Å²) in [5, 5.41) is 3.29. The molecule has 0 amide bonds. The topological polar surface area (TPSA) is 41.1 Å². The van der Waals surface area contributed by atoms with Crippen LogP contribution in [0, 0.1) is 5.92 Å². The van der Waals surface area contributed by atoms with Gasteiger partial charge in [-0.15, -0.1) is 0 Å². The third-order valence-corrected chi connectivity index (χ3v) is 3.90. The second kappa shape index (κ2) is 6.14. The lowest BCUT2D eigenvalue weighted by atomic mass is 9.92. The molecule has 1 N–H and O–H groups in total. The first-order chi connectivity index (χ1) is 8.72. The van der Waals surface area contributed by atoms with Crippen LogP contribution in [0.4, 0.5) is 5.95 Å². The lowest BCUT2D eigenvalue weighted by molar-refractivity contribution is 0.359. The molecule has 0 saturated carbocycles. The Labute approximate surface area is 110 Å². The number of hydrogen-bond acceptors (Lipinski definition) is 4. The number of piperidine rings is 1. The Hall–Kier alpha value is -1.16. The molecular weight excluding hydrogens is 224 g/mol. The van der Waals surface area contributed by atoms with E-state index in [1.807, 2.05) is 12.4 Å². The fourth-order valence-electron chi connectivity index (χ4n) is 2.47. The second-order valence-electron chi connectivity index (χ2n) is 5.23. The Morgan fingerprint density at radius 1 is 1.33 bits per heavy atom. The van der Waals surface area contributed by atoms with Crippen LogP contribution in [0.2, 0.25) is 0 Å². The average Bonchev–Trinajstić information content (AvgIpc) is 2.40. The van der Waals surface area contributed by atoms with Crippen molar-refractivity contribution in [3.63, 3.8) is 0 Å². The summed E-state index contributed by atoms with van der Waals surface area (Å²) in [4.78, 5) is 11.4. The number of rotatable bonds is 4. The monoisotopic (exact) mass is 248 g/mol. The van der Waals surface area contributed by atoms with E-state index in [-0.39, 0.29) is 0 Å². The van der Waals surface area contributed by atoms with Gasteiger partial charge in [-0.2, -0.15) is 0 Å². The van der Waals surface area contributed by atoms with Crippen LogP contribution < -0.4 is 10.2 Å². The predicted octanol–water partition coefficient (Wildman–Crippen LogP) is 2.21. The largest absolute Gasteiger partial charge is 0.338 e. The van der Waals surface area contributed by atoms with Crippen molar-refractivity contribution < 1.29 is 0 Å². The number of hydrogen-bond donors (Lipinski definition) is 1. The fraction of sp³-hybridized carbons (Fsp3) is 0.714. The molecule has 1 fully saturated rings. The summed E-state index contributed by atoms with van der Waals surface area (Å²) in [6.07, 6.45) is 6.44. The van der Waals surface area contributed by atoms with E-state index >= 15 is 0 Å². The summed E-state index contributed by atoms with van der Waals surface area (Å²) in [6.45, 7) is 9.60. The highest BCUT2D eigenvalue weighted by atomic mass is 15.3. The van der Waals surface area contributed by atoms with Crippen LogP contribution in [-0.4, -0.2) is 29.1 Å². The van der Waals surface area contributed by atoms with Crippen LogP contribution in [0.15, 0.2) is 12.4 Å². The molecule has 0 bridgehead atoms. The van der Waals surface area contributed by atoms with Gasteiger partial charge < -0.3 is 10.2 Å². The first-order valence-corrected chi connectivity index (χ1v) is 7.00. The molecular formula is C14H24N4. The molecule has 4 heteroatoms. The molecule has 4 nitrogen and oxygen atoms in total. The van der Waals surface area contributed by atoms with E-state index in [4.69, 9.17) is 0 Å². The lowest BCUT2D eigenvalue weighted by Crippen LogP contribution is -2.43. The third-order valence-electron chi connectivity index (χ3n) is 3.90. The van der Waals surface area contributed by atoms with E-state index in [1.165, 1.54) is 12.8 Å². The number of nitrogens with one attached hydrogen (secondary N) is 1. The van der Waals surface area contributed by atoms with Crippen molar-refractivity contribution in [3.8, 4) is 0 Å². The number of nitrogens with zero attached hydrogens (tertiary/aromatic N) is 3. The van der Waals surface area contributed by atoms with Gasteiger partial charge in [-0.25, -0.2) is 9.97 Å². The maximum absolute atomic E-state index is 4.51. The molecule has 2 heterocycles. The van der Waals surface area contributed by atoms with Gasteiger partial charge in [0.1, 0.15) is 0 Å². The van der Waals surface area contributed by atoms with Gasteiger partial charge in [0.05, 0.1) is 0 Å². The van der Waals surface area contributed by atoms with Crippen molar-refractivity contribution in [2.45, 2.75) is 46.2 Å². The van der Waals surface area contributed by atoms with E-state index in [0.29, 0.717) is 6.04 Å². The standard InChI is InChI=1S/C14H24N4/c1-4-15-8-13-9-16-14(17-10-13)18-7-5-6-11(2)12(18)3/h9-12,15H,4-8H2,1-3H3. The second-order valence-corrected chi connectivity index (χ2v) is 5.23. The quantitative estimate of drug-likeness (QED) is 0.887. The molecule has 18 heavy (non-hydrogen) atoms. The summed E-state index contributed by atoms with van der Waals surface area (Å²) in [5.74, 6) is 1.61. The van der Waals surface area contributed by atoms with Crippen LogP contribution in [-0.2, 0) is 6.54 Å². The van der Waals surface area contributed by atoms with Crippen molar-refractivity contribution in [2.24, 2.45) is 5.92 Å². The smallest absolute Gasteiger partial charge is 0.225 e. The van der Waals surface area contributed by atoms with Crippen LogP contribution in [0.5, 0.6) is 0 Å². The molecule has 2 unspecified atom stereocenters. The minimum atomic E-state index is 0.540. The SMILES string of the molecule is CCNCc1cnc(N2CCCC(C)C2C)nc1. The molecule has 1 aliphatic heterocycles. The van der Waals surface area contributed by atoms with Crippen LogP contribution >= 0.6 is 0 Å². The van der Waals surface area contributed by atoms with Gasteiger partial charge >= 0.3 is 0 Å². The first kappa shape index (κ1) is 13.3. The van der Waals surface area contributed by atoms with Gasteiger partial charge in [0.2, 0.25) is 5.95 Å². The van der Waals surface area contributed by atoms with Crippen molar-refractivity contribution in [1.82, 2.24) is 15.3 Å². The summed E-state index contributed by atoms with van der Waals surface area (Å²) in [5.41, 5.74) is 1.15. The van der Waals surface area contributed by atoms with Gasteiger partial charge in [0.15, 0.2) is 0 Å². The number of aromatic nitrogens is 2. The van der Waals surface area contributed by atoms with Crippen molar-refractivity contribution >= 4 is 5.95 Å². The van der Waals surface area contributed by atoms with E-state index < -0.39 is 0 Å². The van der Waals surface area contributed by atoms with Crippen LogP contribution in [0.25, 0.3) is 0 Å². The van der Waals surface area contributed by atoms with Gasteiger partial charge in [-0.05, 0) is 32.2 Å². The van der Waals surface area contributed by atoms with Gasteiger partial charge in [-0.3, -0.25) is 0 Å². The Balaban J connectivity index is 2.04. The fourth-order valence-corrected chi connectivity index (χ4v) is 2.47. The van der Waals surface area contributed by atoms with Gasteiger partial charge in [0.25, 0.3) is 0 Å². The normalized spacial score (nSPS) is 24.3. The van der Waals surface area contributed by atoms with Gasteiger partial charge in [0, 0.05) is 37.1 Å². The molecule has 0 aliphatic carbocycles. The molecule has 1 aromatic heterocycles. The zero-order valence-electron chi connectivity index (χ0n) is 11.7. The zero-order valence-corrected chi connectivity index (χ0v) is 11.7. The van der Waals surface area contributed by atoms with Crippen molar-refractivity contribution in [3.05, 3.63) is 18.0 Å². The zero-order chi connectivity index (χ0) is 13.0. The summed E-state index contributed by atoms with van der Waals surface area (Å²) in [7, 11) is 0. The molecule has 0 aromatic carbocycles. The third kappa shape index (κ3) is 2.99. The highest BCUT2D eigenvalue weighted by Crippen LogP contribution is 2.25. The Bertz CT molecular complexity index is 363. The molecule has 1 saturated heterocycles. The van der Waals surface area contributed by atoms with Crippen molar-refractivity contribution in [2.75, 3.05) is 18.0 Å². The minimum Gasteiger partial charge on any atom is -0.338 e. The molecule has 100 valence electrons. The van der Waals surface area contributed by atoms with Crippen LogP contribution in [0.1, 0.15) is 39.2 Å². The van der Waals surface area contributed by atoms with Crippen LogP contribution in [0.3, 0.4) is 0 Å². The van der Waals surface area contributed by atoms with E-state index in [0.717, 1.165) is 37.1 Å². The average molecular weight is 248 g/mol. The van der Waals surface area contributed by atoms with Gasteiger partial charge in [-0.1, -0.05) is 13.8 Å². The molecule has 0 radical (unpaired) electrons. The highest BCUT2D eigenvalue weighted by Gasteiger charge is 2.26. The molecule has 1 aliphatic rings. The van der Waals surface area contributed by atoms with E-state index in [2.05, 4.69) is 41.0 Å². The number of anilines is 1. The molecule has 1 aromatic rings. The van der Waals surface area contributed by atoms with Crippen molar-refractivity contribution in [1.29, 1.82) is 0 Å². The maximum atomic E-state index is 4.51. The summed E-state index contributed by atoms with van der Waals surface area (Å²) >= 11 is 0. The Kier molecular flexibility index (Phi) is 4.53. The predicted molar refractivity (Wildman–Crippen MR) is 74.6 cm³/mol. The highest BCUT2D eigenvalue weighted by molar-refractivity contribution is 5.32. The summed E-state index contributed by atoms with van der Waals surface area (Å²) in [6, 6.07) is 0.540. The first-order valence-electron chi connectivity index (χ1n) is 7.00. The van der Waals surface area contributed by atoms with E-state index in [9.17, 15) is 0 Å². The Morgan fingerprint density at radius 3 is 2.72 bits per heavy atom.